The lowest BCUT2D eigenvalue weighted by Crippen LogP contribution is -2.45. The van der Waals surface area contributed by atoms with Gasteiger partial charge in [-0.2, -0.15) is 4.72 Å². The molecule has 0 aliphatic rings. The van der Waals surface area contributed by atoms with Crippen LogP contribution in [0.3, 0.4) is 0 Å². The molecule has 1 rings (SSSR count). The average molecular weight is 284 g/mol. The van der Waals surface area contributed by atoms with Crippen LogP contribution >= 0.6 is 0 Å². The van der Waals surface area contributed by atoms with Crippen molar-refractivity contribution in [2.24, 2.45) is 5.92 Å². The van der Waals surface area contributed by atoms with Crippen LogP contribution in [0.1, 0.15) is 20.8 Å². The Kier molecular flexibility index (Phi) is 5.50. The van der Waals surface area contributed by atoms with Gasteiger partial charge in [-0.15, -0.1) is 0 Å². The van der Waals surface area contributed by atoms with E-state index in [1.54, 1.807) is 18.2 Å². The number of benzene rings is 1. The van der Waals surface area contributed by atoms with Gasteiger partial charge >= 0.3 is 0 Å². The molecule has 1 amide bonds. The van der Waals surface area contributed by atoms with E-state index >= 15 is 0 Å². The minimum Gasteiger partial charge on any atom is -0.354 e. The second kappa shape index (κ2) is 6.68. The molecule has 0 radical (unpaired) electrons. The van der Waals surface area contributed by atoms with E-state index in [9.17, 15) is 13.2 Å². The number of sulfonamides is 1. The van der Waals surface area contributed by atoms with Crippen molar-refractivity contribution in [2.75, 3.05) is 6.54 Å². The third kappa shape index (κ3) is 5.00. The van der Waals surface area contributed by atoms with Gasteiger partial charge in [0.2, 0.25) is 15.9 Å². The summed E-state index contributed by atoms with van der Waals surface area (Å²) < 4.78 is 26.3. The topological polar surface area (TPSA) is 75.3 Å². The maximum atomic E-state index is 12.0. The molecule has 0 aliphatic heterocycles. The van der Waals surface area contributed by atoms with Crippen molar-refractivity contribution < 1.29 is 13.2 Å². The van der Waals surface area contributed by atoms with Crippen molar-refractivity contribution >= 4 is 15.9 Å². The summed E-state index contributed by atoms with van der Waals surface area (Å²) in [5.74, 6) is -0.00455. The number of nitrogens with one attached hydrogen (secondary N) is 2. The van der Waals surface area contributed by atoms with Crippen LogP contribution in [0.2, 0.25) is 0 Å². The standard InChI is InChI=1S/C13H20N2O3S/c1-10(2)9-14-13(16)11(3)15-19(17,18)12-7-5-4-6-8-12/h4-8,10-11,15H,9H2,1-3H3,(H,14,16). The van der Waals surface area contributed by atoms with Crippen molar-refractivity contribution in [1.82, 2.24) is 10.0 Å². The van der Waals surface area contributed by atoms with E-state index in [2.05, 4.69) is 10.0 Å². The zero-order chi connectivity index (χ0) is 14.5. The molecule has 0 aromatic heterocycles. The Morgan fingerprint density at radius 2 is 1.74 bits per heavy atom. The van der Waals surface area contributed by atoms with E-state index in [0.717, 1.165) is 0 Å². The van der Waals surface area contributed by atoms with Gasteiger partial charge in [0.1, 0.15) is 0 Å². The molecule has 0 saturated heterocycles. The quantitative estimate of drug-likeness (QED) is 0.822. The van der Waals surface area contributed by atoms with E-state index in [1.807, 2.05) is 13.8 Å². The SMILES string of the molecule is CC(C)CNC(=O)C(C)NS(=O)(=O)c1ccccc1. The molecule has 0 bridgehead atoms. The fourth-order valence-corrected chi connectivity index (χ4v) is 2.64. The first-order chi connectivity index (χ1) is 8.83. The molecule has 0 aliphatic carbocycles. The second-order valence-electron chi connectivity index (χ2n) is 4.80. The zero-order valence-corrected chi connectivity index (χ0v) is 12.2. The Labute approximate surface area is 114 Å². The van der Waals surface area contributed by atoms with E-state index < -0.39 is 16.1 Å². The number of hydrogen-bond donors (Lipinski definition) is 2. The largest absolute Gasteiger partial charge is 0.354 e. The summed E-state index contributed by atoms with van der Waals surface area (Å²) in [5, 5.41) is 2.69. The van der Waals surface area contributed by atoms with Gasteiger partial charge in [-0.25, -0.2) is 8.42 Å². The van der Waals surface area contributed by atoms with E-state index in [1.165, 1.54) is 19.1 Å². The van der Waals surface area contributed by atoms with E-state index in [4.69, 9.17) is 0 Å². The van der Waals surface area contributed by atoms with Gasteiger partial charge in [0, 0.05) is 6.54 Å². The van der Waals surface area contributed by atoms with Crippen LogP contribution in [0.15, 0.2) is 35.2 Å². The Bertz CT molecular complexity index is 512. The fraction of sp³-hybridized carbons (Fsp3) is 0.462. The molecule has 1 atom stereocenters. The van der Waals surface area contributed by atoms with Gasteiger partial charge in [0.25, 0.3) is 0 Å². The molecule has 0 heterocycles. The van der Waals surface area contributed by atoms with Gasteiger partial charge in [0.05, 0.1) is 10.9 Å². The van der Waals surface area contributed by atoms with Crippen LogP contribution < -0.4 is 10.0 Å². The van der Waals surface area contributed by atoms with Crippen molar-refractivity contribution in [3.63, 3.8) is 0 Å². The number of amides is 1. The maximum absolute atomic E-state index is 12.0. The number of rotatable bonds is 6. The minimum atomic E-state index is -3.65. The smallest absolute Gasteiger partial charge is 0.241 e. The fourth-order valence-electron chi connectivity index (χ4n) is 1.41. The lowest BCUT2D eigenvalue weighted by atomic mass is 10.2. The first-order valence-electron chi connectivity index (χ1n) is 6.18. The van der Waals surface area contributed by atoms with Gasteiger partial charge in [0.15, 0.2) is 0 Å². The highest BCUT2D eigenvalue weighted by atomic mass is 32.2. The summed E-state index contributed by atoms with van der Waals surface area (Å²) in [6.07, 6.45) is 0. The highest BCUT2D eigenvalue weighted by molar-refractivity contribution is 7.89. The molecule has 5 nitrogen and oxygen atoms in total. The van der Waals surface area contributed by atoms with Crippen LogP contribution in [0.4, 0.5) is 0 Å². The molecule has 0 saturated carbocycles. The third-order valence-corrected chi connectivity index (χ3v) is 4.02. The second-order valence-corrected chi connectivity index (χ2v) is 6.51. The Morgan fingerprint density at radius 1 is 1.16 bits per heavy atom. The first kappa shape index (κ1) is 15.7. The highest BCUT2D eigenvalue weighted by Crippen LogP contribution is 2.07. The van der Waals surface area contributed by atoms with Crippen LogP contribution in [-0.2, 0) is 14.8 Å². The van der Waals surface area contributed by atoms with Crippen LogP contribution in [0.5, 0.6) is 0 Å². The molecule has 1 aromatic carbocycles. The normalized spacial score (nSPS) is 13.3. The van der Waals surface area contributed by atoms with Crippen LogP contribution in [-0.4, -0.2) is 26.9 Å². The molecular weight excluding hydrogens is 264 g/mol. The summed E-state index contributed by atoms with van der Waals surface area (Å²) >= 11 is 0. The van der Waals surface area contributed by atoms with Gasteiger partial charge in [-0.05, 0) is 25.0 Å². The van der Waals surface area contributed by atoms with Gasteiger partial charge in [-0.1, -0.05) is 32.0 Å². The Morgan fingerprint density at radius 3 is 2.26 bits per heavy atom. The average Bonchev–Trinajstić information content (AvgIpc) is 2.36. The van der Waals surface area contributed by atoms with Crippen LogP contribution in [0.25, 0.3) is 0 Å². The summed E-state index contributed by atoms with van der Waals surface area (Å²) in [4.78, 5) is 11.9. The molecule has 0 spiro atoms. The zero-order valence-electron chi connectivity index (χ0n) is 11.4. The number of carbonyl (C=O) groups is 1. The monoisotopic (exact) mass is 284 g/mol. The number of carbonyl (C=O) groups excluding carboxylic acids is 1. The van der Waals surface area contributed by atoms with Crippen molar-refractivity contribution in [3.05, 3.63) is 30.3 Å². The lowest BCUT2D eigenvalue weighted by molar-refractivity contribution is -0.122. The molecule has 1 aromatic rings. The van der Waals surface area contributed by atoms with Crippen molar-refractivity contribution in [2.45, 2.75) is 31.7 Å². The molecule has 19 heavy (non-hydrogen) atoms. The molecule has 0 fully saturated rings. The maximum Gasteiger partial charge on any atom is 0.241 e. The van der Waals surface area contributed by atoms with Crippen molar-refractivity contribution in [3.8, 4) is 0 Å². The molecule has 1 unspecified atom stereocenters. The molecule has 106 valence electrons. The first-order valence-corrected chi connectivity index (χ1v) is 7.66. The van der Waals surface area contributed by atoms with Crippen LogP contribution in [0, 0.1) is 5.92 Å². The summed E-state index contributed by atoms with van der Waals surface area (Å²) in [5.41, 5.74) is 0. The Hall–Kier alpha value is -1.40. The third-order valence-electron chi connectivity index (χ3n) is 2.46. The summed E-state index contributed by atoms with van der Waals surface area (Å²) in [6.45, 7) is 5.99. The molecule has 2 N–H and O–H groups in total. The molecular formula is C13H20N2O3S. The van der Waals surface area contributed by atoms with E-state index in [-0.39, 0.29) is 10.8 Å². The summed E-state index contributed by atoms with van der Waals surface area (Å²) in [7, 11) is -3.65. The summed E-state index contributed by atoms with van der Waals surface area (Å²) in [6, 6.07) is 7.18. The molecule has 6 heteroatoms. The van der Waals surface area contributed by atoms with Gasteiger partial charge < -0.3 is 5.32 Å². The predicted octanol–water partition coefficient (Wildman–Crippen LogP) is 1.13. The lowest BCUT2D eigenvalue weighted by Gasteiger charge is -2.15. The number of hydrogen-bond acceptors (Lipinski definition) is 3. The Balaban J connectivity index is 2.66. The minimum absolute atomic E-state index is 0.151. The highest BCUT2D eigenvalue weighted by Gasteiger charge is 2.21. The van der Waals surface area contributed by atoms with Crippen molar-refractivity contribution in [1.29, 1.82) is 0 Å². The van der Waals surface area contributed by atoms with Gasteiger partial charge in [-0.3, -0.25) is 4.79 Å². The van der Waals surface area contributed by atoms with E-state index in [0.29, 0.717) is 12.5 Å². The predicted molar refractivity (Wildman–Crippen MR) is 74.1 cm³/mol.